The van der Waals surface area contributed by atoms with Gasteiger partial charge in [0.05, 0.1) is 12.6 Å². The molecule has 1 aromatic rings. The van der Waals surface area contributed by atoms with Gasteiger partial charge in [-0.05, 0) is 24.8 Å². The van der Waals surface area contributed by atoms with Crippen LogP contribution in [0.3, 0.4) is 0 Å². The number of aliphatic hydroxyl groups is 1. The fourth-order valence-electron chi connectivity index (χ4n) is 2.37. The van der Waals surface area contributed by atoms with Crippen LogP contribution in [-0.2, 0) is 20.7 Å². The second kappa shape index (κ2) is 7.19. The van der Waals surface area contributed by atoms with Crippen LogP contribution in [0.1, 0.15) is 18.4 Å². The van der Waals surface area contributed by atoms with Gasteiger partial charge in [-0.1, -0.05) is 30.3 Å². The molecule has 1 saturated heterocycles. The second-order valence-electron chi connectivity index (χ2n) is 5.11. The molecule has 114 valence electrons. The number of hydrogen-bond acceptors (Lipinski definition) is 4. The van der Waals surface area contributed by atoms with Gasteiger partial charge in [0.2, 0.25) is 5.91 Å². The number of ether oxygens (including phenoxy) is 1. The monoisotopic (exact) mass is 293 g/mol. The molecule has 0 saturated carbocycles. The highest BCUT2D eigenvalue weighted by molar-refractivity contribution is 5.82. The molecule has 1 aromatic carbocycles. The number of aliphatic carboxylic acids is 1. The predicted octanol–water partition coefficient (Wildman–Crippen LogP) is 0.338. The smallest absolute Gasteiger partial charge is 0.332 e. The fraction of sp³-hybridized carbons (Fsp3) is 0.467. The minimum Gasteiger partial charge on any atom is -0.479 e. The third kappa shape index (κ3) is 4.27. The molecule has 0 spiro atoms. The summed E-state index contributed by atoms with van der Waals surface area (Å²) in [4.78, 5) is 22.8. The van der Waals surface area contributed by atoms with Crippen LogP contribution < -0.4 is 5.32 Å². The molecular formula is C15H19NO5. The molecule has 6 heteroatoms. The standard InChI is InChI=1S/C15H19NO5/c17-9-11(8-10-4-2-1-3-5-10)16-14(18)12-6-7-13(21-12)15(19)20/h1-5,11-13,17H,6-9H2,(H,16,18)(H,19,20)/t11-,12+,13-/m1/s1. The summed E-state index contributed by atoms with van der Waals surface area (Å²) in [6.07, 6.45) is -0.446. The van der Waals surface area contributed by atoms with Gasteiger partial charge in [0.1, 0.15) is 6.10 Å². The minimum absolute atomic E-state index is 0.185. The highest BCUT2D eigenvalue weighted by Gasteiger charge is 2.35. The van der Waals surface area contributed by atoms with Gasteiger partial charge >= 0.3 is 5.97 Å². The Bertz CT molecular complexity index is 490. The van der Waals surface area contributed by atoms with Crippen molar-refractivity contribution < 1.29 is 24.5 Å². The highest BCUT2D eigenvalue weighted by atomic mass is 16.5. The van der Waals surface area contributed by atoms with Gasteiger partial charge in [0.15, 0.2) is 6.10 Å². The van der Waals surface area contributed by atoms with Crippen LogP contribution >= 0.6 is 0 Å². The summed E-state index contributed by atoms with van der Waals surface area (Å²) in [6, 6.07) is 9.11. The number of nitrogens with one attached hydrogen (secondary N) is 1. The Morgan fingerprint density at radius 2 is 1.90 bits per heavy atom. The van der Waals surface area contributed by atoms with E-state index in [1.54, 1.807) is 0 Å². The van der Waals surface area contributed by atoms with Gasteiger partial charge in [-0.2, -0.15) is 0 Å². The molecule has 1 aliphatic heterocycles. The van der Waals surface area contributed by atoms with Crippen molar-refractivity contribution in [2.75, 3.05) is 6.61 Å². The number of carbonyl (C=O) groups is 2. The van der Waals surface area contributed by atoms with Gasteiger partial charge in [-0.15, -0.1) is 0 Å². The Morgan fingerprint density at radius 3 is 2.48 bits per heavy atom. The first kappa shape index (κ1) is 15.5. The zero-order valence-corrected chi connectivity index (χ0v) is 11.6. The van der Waals surface area contributed by atoms with Crippen molar-refractivity contribution in [3.8, 4) is 0 Å². The van der Waals surface area contributed by atoms with E-state index >= 15 is 0 Å². The van der Waals surface area contributed by atoms with Gasteiger partial charge in [-0.25, -0.2) is 4.79 Å². The van der Waals surface area contributed by atoms with Crippen LogP contribution in [-0.4, -0.2) is 46.9 Å². The van der Waals surface area contributed by atoms with Crippen molar-refractivity contribution in [3.05, 3.63) is 35.9 Å². The van der Waals surface area contributed by atoms with Crippen molar-refractivity contribution >= 4 is 11.9 Å². The lowest BCUT2D eigenvalue weighted by molar-refractivity contribution is -0.152. The number of amides is 1. The van der Waals surface area contributed by atoms with Crippen LogP contribution in [0.25, 0.3) is 0 Å². The molecule has 1 aliphatic rings. The summed E-state index contributed by atoms with van der Waals surface area (Å²) in [7, 11) is 0. The topological polar surface area (TPSA) is 95.9 Å². The number of aliphatic hydroxyl groups excluding tert-OH is 1. The lowest BCUT2D eigenvalue weighted by Crippen LogP contribution is -2.44. The number of carboxylic acid groups (broad SMARTS) is 1. The third-order valence-corrected chi connectivity index (χ3v) is 3.48. The average molecular weight is 293 g/mol. The van der Waals surface area contributed by atoms with E-state index in [9.17, 15) is 14.7 Å². The van der Waals surface area contributed by atoms with E-state index in [1.165, 1.54) is 0 Å². The quantitative estimate of drug-likeness (QED) is 0.703. The van der Waals surface area contributed by atoms with E-state index in [0.717, 1.165) is 5.56 Å². The van der Waals surface area contributed by atoms with Crippen molar-refractivity contribution in [1.82, 2.24) is 5.32 Å². The molecule has 1 amide bonds. The first-order chi connectivity index (χ1) is 10.1. The highest BCUT2D eigenvalue weighted by Crippen LogP contribution is 2.20. The lowest BCUT2D eigenvalue weighted by atomic mass is 10.1. The zero-order valence-electron chi connectivity index (χ0n) is 11.6. The molecule has 0 radical (unpaired) electrons. The Hall–Kier alpha value is -1.92. The molecule has 2 rings (SSSR count). The molecule has 3 atom stereocenters. The summed E-state index contributed by atoms with van der Waals surface area (Å²) < 4.78 is 5.19. The first-order valence-corrected chi connectivity index (χ1v) is 6.93. The maximum atomic E-state index is 12.0. The maximum absolute atomic E-state index is 12.0. The number of hydrogen-bond donors (Lipinski definition) is 3. The largest absolute Gasteiger partial charge is 0.479 e. The van der Waals surface area contributed by atoms with Crippen LogP contribution in [0, 0.1) is 0 Å². The van der Waals surface area contributed by atoms with Crippen LogP contribution in [0.4, 0.5) is 0 Å². The Labute approximate surface area is 122 Å². The zero-order chi connectivity index (χ0) is 15.2. The van der Waals surface area contributed by atoms with Crippen molar-refractivity contribution in [2.24, 2.45) is 0 Å². The second-order valence-corrected chi connectivity index (χ2v) is 5.11. The average Bonchev–Trinajstić information content (AvgIpc) is 2.97. The lowest BCUT2D eigenvalue weighted by Gasteiger charge is -2.19. The molecule has 0 aliphatic carbocycles. The van der Waals surface area contributed by atoms with Crippen LogP contribution in [0.2, 0.25) is 0 Å². The summed E-state index contributed by atoms with van der Waals surface area (Å²) in [5.41, 5.74) is 1.01. The number of carboxylic acids is 1. The summed E-state index contributed by atoms with van der Waals surface area (Å²) in [6.45, 7) is -0.185. The predicted molar refractivity (Wildman–Crippen MR) is 74.7 cm³/mol. The Kier molecular flexibility index (Phi) is 5.30. The summed E-state index contributed by atoms with van der Waals surface area (Å²) in [5.74, 6) is -1.41. The Balaban J connectivity index is 1.87. The maximum Gasteiger partial charge on any atom is 0.332 e. The molecule has 1 heterocycles. The molecule has 0 bridgehead atoms. The normalized spacial score (nSPS) is 22.7. The van der Waals surface area contributed by atoms with E-state index < -0.39 is 24.2 Å². The van der Waals surface area contributed by atoms with Crippen molar-refractivity contribution in [2.45, 2.75) is 37.5 Å². The van der Waals surface area contributed by atoms with E-state index in [1.807, 2.05) is 30.3 Å². The van der Waals surface area contributed by atoms with E-state index in [4.69, 9.17) is 9.84 Å². The molecule has 0 aromatic heterocycles. The fourth-order valence-corrected chi connectivity index (χ4v) is 2.37. The van der Waals surface area contributed by atoms with Gasteiger partial charge < -0.3 is 20.3 Å². The van der Waals surface area contributed by atoms with Gasteiger partial charge in [0, 0.05) is 0 Å². The minimum atomic E-state index is -1.05. The Morgan fingerprint density at radius 1 is 1.24 bits per heavy atom. The molecule has 3 N–H and O–H groups in total. The summed E-state index contributed by atoms with van der Waals surface area (Å²) in [5, 5.41) is 20.9. The van der Waals surface area contributed by atoms with E-state index in [2.05, 4.69) is 5.32 Å². The van der Waals surface area contributed by atoms with Crippen LogP contribution in [0.15, 0.2) is 30.3 Å². The molecule has 0 unspecified atom stereocenters. The van der Waals surface area contributed by atoms with E-state index in [-0.39, 0.29) is 12.5 Å². The number of carbonyl (C=O) groups excluding carboxylic acids is 1. The number of benzene rings is 1. The summed E-state index contributed by atoms with van der Waals surface area (Å²) >= 11 is 0. The number of rotatable bonds is 6. The SMILES string of the molecule is O=C(N[C@@H](CO)Cc1ccccc1)[C@@H]1CC[C@H](C(=O)O)O1. The van der Waals surface area contributed by atoms with Crippen LogP contribution in [0.5, 0.6) is 0 Å². The molecular weight excluding hydrogens is 274 g/mol. The van der Waals surface area contributed by atoms with Crippen molar-refractivity contribution in [1.29, 1.82) is 0 Å². The molecule has 1 fully saturated rings. The van der Waals surface area contributed by atoms with Gasteiger partial charge in [-0.3, -0.25) is 4.79 Å². The first-order valence-electron chi connectivity index (χ1n) is 6.93. The van der Waals surface area contributed by atoms with Crippen molar-refractivity contribution in [3.63, 3.8) is 0 Å². The third-order valence-electron chi connectivity index (χ3n) is 3.48. The molecule has 6 nitrogen and oxygen atoms in total. The van der Waals surface area contributed by atoms with Gasteiger partial charge in [0.25, 0.3) is 0 Å². The molecule has 21 heavy (non-hydrogen) atoms. The van der Waals surface area contributed by atoms with E-state index in [0.29, 0.717) is 19.3 Å².